The average Bonchev–Trinajstić information content (AvgIpc) is 0.773. The molecule has 0 aromatic carbocycles. The van der Waals surface area contributed by atoms with Crippen LogP contribution in [-0.4, -0.2) is 543 Å². The molecule has 9 aliphatic heterocycles. The maximum absolute atomic E-state index is 13.0. The number of amides is 2. The van der Waals surface area contributed by atoms with E-state index in [9.17, 15) is 168 Å². The molecule has 53 nitrogen and oxygen atoms in total. The van der Waals surface area contributed by atoms with E-state index in [0.29, 0.717) is 0 Å². The third-order valence-electron chi connectivity index (χ3n) is 21.3. The van der Waals surface area contributed by atoms with Gasteiger partial charge in [0.1, 0.15) is 238 Å². The molecule has 682 valence electrons. The second-order valence-electron chi connectivity index (χ2n) is 29.3. The topological polar surface area (TPSA) is 851 Å². The van der Waals surface area contributed by atoms with E-state index in [4.69, 9.17) is 85.3 Å². The van der Waals surface area contributed by atoms with E-state index in [1.54, 1.807) is 0 Å². The normalized spacial score (nSPS) is 48.6. The summed E-state index contributed by atoms with van der Waals surface area (Å²) in [5.74, 6) is -1.85. The first-order valence-electron chi connectivity index (χ1n) is 37.1. The van der Waals surface area contributed by atoms with E-state index in [2.05, 4.69) is 10.6 Å². The van der Waals surface area contributed by atoms with Crippen molar-refractivity contribution in [2.75, 3.05) is 72.7 Å². The minimum atomic E-state index is -2.66. The Morgan fingerprint density at radius 2 is 0.581 bits per heavy atom. The second-order valence-corrected chi connectivity index (χ2v) is 29.3. The summed E-state index contributed by atoms with van der Waals surface area (Å²) in [5, 5.41) is 346. The molecule has 0 unspecified atom stereocenters. The van der Waals surface area contributed by atoms with Crippen LogP contribution in [-0.2, 0) is 94.9 Å². The van der Waals surface area contributed by atoms with Crippen LogP contribution in [0, 0.1) is 0 Å². The van der Waals surface area contributed by atoms with E-state index >= 15 is 0 Å². The van der Waals surface area contributed by atoms with Gasteiger partial charge in [-0.15, -0.1) is 0 Å². The molecule has 117 heavy (non-hydrogen) atoms. The largest absolute Gasteiger partial charge is 0.394 e. The molecule has 9 rings (SSSR count). The van der Waals surface area contributed by atoms with Crippen molar-refractivity contribution >= 4 is 11.8 Å². The Morgan fingerprint density at radius 3 is 0.940 bits per heavy atom. The van der Waals surface area contributed by atoms with Crippen LogP contribution in [0.2, 0.25) is 0 Å². The van der Waals surface area contributed by atoms with Crippen molar-refractivity contribution in [1.29, 1.82) is 0 Å². The molecule has 0 bridgehead atoms. The lowest BCUT2D eigenvalue weighted by Gasteiger charge is -2.51. The Kier molecular flexibility index (Phi) is 36.1. The van der Waals surface area contributed by atoms with Gasteiger partial charge in [0.2, 0.25) is 11.8 Å². The molecule has 33 N–H and O–H groups in total. The van der Waals surface area contributed by atoms with E-state index in [1.807, 2.05) is 0 Å². The van der Waals surface area contributed by atoms with Gasteiger partial charge in [0.25, 0.3) is 0 Å². The Morgan fingerprint density at radius 1 is 0.291 bits per heavy atom. The van der Waals surface area contributed by atoms with Gasteiger partial charge in [-0.05, 0) is 0 Å². The van der Waals surface area contributed by atoms with Crippen LogP contribution in [0.5, 0.6) is 0 Å². The van der Waals surface area contributed by atoms with Crippen molar-refractivity contribution in [2.45, 2.75) is 314 Å². The third-order valence-corrected chi connectivity index (χ3v) is 21.3. The molecule has 0 saturated carbocycles. The molecule has 0 aromatic rings. The highest BCUT2D eigenvalue weighted by molar-refractivity contribution is 5.73. The number of carbonyl (C=O) groups is 2. The second kappa shape index (κ2) is 43.3. The van der Waals surface area contributed by atoms with E-state index in [0.717, 1.165) is 13.8 Å². The van der Waals surface area contributed by atoms with Gasteiger partial charge in [-0.2, -0.15) is 0 Å². The van der Waals surface area contributed by atoms with Crippen LogP contribution in [0.15, 0.2) is 0 Å². The van der Waals surface area contributed by atoms with Gasteiger partial charge in [0.15, 0.2) is 56.6 Å². The summed E-state index contributed by atoms with van der Waals surface area (Å²) >= 11 is 0. The number of nitrogens with one attached hydrogen (secondary N) is 2. The Bertz CT molecular complexity index is 2990. The van der Waals surface area contributed by atoms with Crippen molar-refractivity contribution in [3.8, 4) is 0 Å². The fourth-order valence-corrected chi connectivity index (χ4v) is 14.6. The number of hydrogen-bond acceptors (Lipinski definition) is 51. The minimum Gasteiger partial charge on any atom is -0.394 e. The van der Waals surface area contributed by atoms with Crippen molar-refractivity contribution in [1.82, 2.24) is 10.6 Å². The molecule has 0 aromatic heterocycles. The highest BCUT2D eigenvalue weighted by Gasteiger charge is 2.61. The van der Waals surface area contributed by atoms with Gasteiger partial charge in [-0.1, -0.05) is 0 Å². The SMILES string of the molecule is CC(=O)N[C@H]1[C@H](O[C@@H]([C@H](O)[C@H](CO)NC(C)=O)[C@H](O)CO)O[C@H](CO)[C@@H](O[C@@H]2O[C@H](CO[C@H]3O[C@H](CO[C@H]4O[C@H](CO)[C@@H](O)[C@H](O)[C@@H]4O)[C@@H](O)[C@H](O[C@H]4O[C@H](CO)[C@@H](O)[C@H](O)[C@@H]4O[C@H]4O[C@H](CO)[C@@H](O)[C@H](O)[C@@H]4O)[C@@H]3O)[C@@H](O)[C@H](O[C@H]3O[C@H](CO)[C@@H](O)[C@H](O)[C@@H]3O[C@H]3O[C@H](CO)[C@@H](O)[C@H](O)[C@@H]3O[C@H]3O[C@H](CO)[C@@H](O)[C@H](O)[C@@H]3O)[C@@H]2O)[C@@H]1O. The number of aliphatic hydroxyl groups is 31. The first-order valence-corrected chi connectivity index (χ1v) is 37.1. The standard InChI is InChI=1S/C64H110N2O51/c1-14(76)65-16(3-67)28(79)49(17(78)4-68)111-56-27(66-15(2)77)37(88)50(24(11-75)108-56)112-61-48(99)52(114-63-55(43(94)34(85)22(9-73)106-63)117-64-54(42(93)33(84)23(10-74)107-64)116-60-46(97)40(91)31(82)20(7-71)104-60)36(87)26(110-61)13-101-58-47(98)51(35(86)25(109-58)12-100-57-44(95)38(89)29(80)18(5-69)102-57)113-62-53(41(92)32(83)21(8-72)105-62)115-59-45(96)39(90)30(81)19(6-70)103-59/h16-64,67-75,78-99H,3-13H2,1-2H3,(H,65,76)(H,66,77)/t16-,17+,18+,19+,20+,21+,22+,23+,24+,25+,26+,27+,28+,29+,30+,31+,32+,33+,34+,35+,36+,37+,38-,39-,40-,41-,42-,43-,44-,45-,46-,47-,48-,49+,50+,51-,52-,53-,54-,55-,56-,57-,58-,59+,60+,61-,62+,63+,64+/m0/s1. The fraction of sp³-hybridized carbons (Fsp3) is 0.969. The summed E-state index contributed by atoms with van der Waals surface area (Å²) in [6, 6.07) is -3.70. The van der Waals surface area contributed by atoms with E-state index in [1.165, 1.54) is 0 Å². The molecule has 0 aliphatic carbocycles. The first-order chi connectivity index (χ1) is 55.4. The summed E-state index contributed by atoms with van der Waals surface area (Å²) in [5.41, 5.74) is 0. The predicted molar refractivity (Wildman–Crippen MR) is 355 cm³/mol. The van der Waals surface area contributed by atoms with Crippen LogP contribution in [0.1, 0.15) is 13.8 Å². The van der Waals surface area contributed by atoms with Gasteiger partial charge in [-0.3, -0.25) is 9.59 Å². The molecule has 2 amide bonds. The number of rotatable bonds is 34. The Hall–Kier alpha value is -3.02. The van der Waals surface area contributed by atoms with Crippen LogP contribution >= 0.6 is 0 Å². The lowest BCUT2D eigenvalue weighted by molar-refractivity contribution is -0.408. The minimum absolute atomic E-state index is 0.832. The van der Waals surface area contributed by atoms with Gasteiger partial charge < -0.3 is 254 Å². The number of carbonyl (C=O) groups excluding carboxylic acids is 2. The molecule has 9 heterocycles. The van der Waals surface area contributed by atoms with Gasteiger partial charge >= 0.3 is 0 Å². The molecule has 9 fully saturated rings. The molecular formula is C64H110N2O51. The molecule has 9 aliphatic rings. The Labute approximate surface area is 661 Å². The number of ether oxygens (including phenoxy) is 18. The smallest absolute Gasteiger partial charge is 0.217 e. The first kappa shape index (κ1) is 97.8. The van der Waals surface area contributed by atoms with Crippen LogP contribution in [0.4, 0.5) is 0 Å². The maximum Gasteiger partial charge on any atom is 0.217 e. The molecule has 49 atom stereocenters. The molecular weight excluding hydrogens is 1610 g/mol. The summed E-state index contributed by atoms with van der Waals surface area (Å²) in [6.45, 7) is -10.7. The molecule has 0 spiro atoms. The van der Waals surface area contributed by atoms with E-state index in [-0.39, 0.29) is 0 Å². The fourth-order valence-electron chi connectivity index (χ4n) is 14.6. The predicted octanol–water partition coefficient (Wildman–Crippen LogP) is -22.9. The zero-order valence-electron chi connectivity index (χ0n) is 62.1. The summed E-state index contributed by atoms with van der Waals surface area (Å²) < 4.78 is 105. The highest BCUT2D eigenvalue weighted by Crippen LogP contribution is 2.40. The zero-order chi connectivity index (χ0) is 86.4. The number of hydrogen-bond donors (Lipinski definition) is 33. The highest BCUT2D eigenvalue weighted by atomic mass is 16.8. The van der Waals surface area contributed by atoms with Gasteiger partial charge in [-0.25, -0.2) is 0 Å². The molecule has 9 saturated heterocycles. The monoisotopic (exact) mass is 1720 g/mol. The third kappa shape index (κ3) is 21.7. The van der Waals surface area contributed by atoms with Gasteiger partial charge in [0.05, 0.1) is 78.7 Å². The van der Waals surface area contributed by atoms with Crippen molar-refractivity contribution < 1.29 is 253 Å². The van der Waals surface area contributed by atoms with Gasteiger partial charge in [0, 0.05) is 13.8 Å². The van der Waals surface area contributed by atoms with Crippen LogP contribution in [0.25, 0.3) is 0 Å². The molecule has 53 heteroatoms. The van der Waals surface area contributed by atoms with Crippen molar-refractivity contribution in [3.05, 3.63) is 0 Å². The average molecular weight is 1720 g/mol. The van der Waals surface area contributed by atoms with E-state index < -0.39 is 385 Å². The van der Waals surface area contributed by atoms with Crippen LogP contribution in [0.3, 0.4) is 0 Å². The number of aliphatic hydroxyl groups excluding tert-OH is 31. The Balaban J connectivity index is 1.09. The maximum atomic E-state index is 13.0. The van der Waals surface area contributed by atoms with Crippen LogP contribution < -0.4 is 10.6 Å². The van der Waals surface area contributed by atoms with Crippen molar-refractivity contribution in [3.63, 3.8) is 0 Å². The quantitative estimate of drug-likeness (QED) is 0.0284. The summed E-state index contributed by atoms with van der Waals surface area (Å²) in [4.78, 5) is 25.1. The summed E-state index contributed by atoms with van der Waals surface area (Å²) in [7, 11) is 0. The lowest BCUT2D eigenvalue weighted by atomic mass is 9.94. The molecule has 0 radical (unpaired) electrons. The van der Waals surface area contributed by atoms with Crippen molar-refractivity contribution in [2.24, 2.45) is 0 Å². The zero-order valence-corrected chi connectivity index (χ0v) is 62.1. The summed E-state index contributed by atoms with van der Waals surface area (Å²) in [6.07, 6.45) is -104. The lowest BCUT2D eigenvalue weighted by Crippen LogP contribution is -2.70.